The lowest BCUT2D eigenvalue weighted by Crippen LogP contribution is -2.30. The van der Waals surface area contributed by atoms with Crippen molar-refractivity contribution >= 4 is 57.7 Å². The zero-order chi connectivity index (χ0) is 30.9. The highest BCUT2D eigenvalue weighted by Gasteiger charge is 2.16. The lowest BCUT2D eigenvalue weighted by molar-refractivity contribution is -0.114. The fourth-order valence-corrected chi connectivity index (χ4v) is 5.86. The smallest absolute Gasteiger partial charge is 0.272 e. The number of amides is 3. The zero-order valence-electron chi connectivity index (χ0n) is 24.2. The van der Waals surface area contributed by atoms with Crippen LogP contribution in [0.2, 0.25) is 0 Å². The SMILES string of the molecule is Cc1ccc(/C=C(\NC(=O)c2ccccc2)C(=O)Nc2cccc(SCC(=O)Nc3nc(-c4ccccc4)c(C)s3)c2)cc1. The molecule has 0 aliphatic rings. The van der Waals surface area contributed by atoms with Gasteiger partial charge in [-0.25, -0.2) is 4.98 Å². The minimum absolute atomic E-state index is 0.105. The van der Waals surface area contributed by atoms with Gasteiger partial charge in [0.25, 0.3) is 11.8 Å². The molecule has 5 aromatic rings. The first-order chi connectivity index (χ1) is 21.3. The maximum absolute atomic E-state index is 13.4. The van der Waals surface area contributed by atoms with Crippen LogP contribution in [0.25, 0.3) is 17.3 Å². The molecule has 0 aliphatic carbocycles. The molecule has 5 rings (SSSR count). The molecule has 9 heteroatoms. The quantitative estimate of drug-likeness (QED) is 0.111. The van der Waals surface area contributed by atoms with Crippen LogP contribution in [-0.2, 0) is 9.59 Å². The summed E-state index contributed by atoms with van der Waals surface area (Å²) < 4.78 is 0. The maximum atomic E-state index is 13.4. The molecule has 0 saturated heterocycles. The Balaban J connectivity index is 1.23. The van der Waals surface area contributed by atoms with E-state index in [-0.39, 0.29) is 23.3 Å². The number of hydrogen-bond acceptors (Lipinski definition) is 6. The number of thiazole rings is 1. The Hall–Kier alpha value is -4.99. The highest BCUT2D eigenvalue weighted by molar-refractivity contribution is 8.00. The molecule has 0 fully saturated rings. The average Bonchev–Trinajstić information content (AvgIpc) is 3.41. The molecule has 0 aliphatic heterocycles. The number of nitrogens with one attached hydrogen (secondary N) is 3. The summed E-state index contributed by atoms with van der Waals surface area (Å²) in [5, 5.41) is 9.08. The van der Waals surface area contributed by atoms with Crippen LogP contribution in [0.1, 0.15) is 26.4 Å². The second kappa shape index (κ2) is 14.5. The molecule has 0 atom stereocenters. The highest BCUT2D eigenvalue weighted by atomic mass is 32.2. The molecule has 3 amide bonds. The number of benzene rings is 4. The minimum Gasteiger partial charge on any atom is -0.321 e. The molecule has 1 aromatic heterocycles. The molecule has 0 radical (unpaired) electrons. The third kappa shape index (κ3) is 8.31. The van der Waals surface area contributed by atoms with Gasteiger partial charge < -0.3 is 16.0 Å². The summed E-state index contributed by atoms with van der Waals surface area (Å²) in [5.74, 6) is -0.865. The predicted octanol–water partition coefficient (Wildman–Crippen LogP) is 7.57. The molecule has 220 valence electrons. The van der Waals surface area contributed by atoms with E-state index in [1.165, 1.54) is 23.1 Å². The van der Waals surface area contributed by atoms with E-state index in [4.69, 9.17) is 0 Å². The van der Waals surface area contributed by atoms with Crippen molar-refractivity contribution in [2.45, 2.75) is 18.7 Å². The van der Waals surface area contributed by atoms with Crippen molar-refractivity contribution in [1.82, 2.24) is 10.3 Å². The Bertz CT molecular complexity index is 1800. The lowest BCUT2D eigenvalue weighted by atomic mass is 10.1. The van der Waals surface area contributed by atoms with E-state index in [2.05, 4.69) is 20.9 Å². The maximum Gasteiger partial charge on any atom is 0.272 e. The summed E-state index contributed by atoms with van der Waals surface area (Å²) in [4.78, 5) is 45.5. The monoisotopic (exact) mass is 618 g/mol. The van der Waals surface area contributed by atoms with Gasteiger partial charge in [-0.15, -0.1) is 23.1 Å². The molecular weight excluding hydrogens is 589 g/mol. The molecule has 1 heterocycles. The Morgan fingerprint density at radius 3 is 2.25 bits per heavy atom. The fourth-order valence-electron chi connectivity index (χ4n) is 4.25. The van der Waals surface area contributed by atoms with Crippen LogP contribution >= 0.6 is 23.1 Å². The predicted molar refractivity (Wildman–Crippen MR) is 180 cm³/mol. The summed E-state index contributed by atoms with van der Waals surface area (Å²) in [6, 6.07) is 33.5. The minimum atomic E-state index is -0.469. The van der Waals surface area contributed by atoms with Crippen molar-refractivity contribution in [3.8, 4) is 11.3 Å². The average molecular weight is 619 g/mol. The van der Waals surface area contributed by atoms with Crippen molar-refractivity contribution in [1.29, 1.82) is 0 Å². The third-order valence-corrected chi connectivity index (χ3v) is 8.35. The second-order valence-electron chi connectivity index (χ2n) is 9.90. The van der Waals surface area contributed by atoms with Crippen molar-refractivity contribution in [2.24, 2.45) is 0 Å². The molecule has 44 heavy (non-hydrogen) atoms. The molecule has 0 spiro atoms. The van der Waals surface area contributed by atoms with E-state index in [0.29, 0.717) is 16.4 Å². The van der Waals surface area contributed by atoms with Gasteiger partial charge in [0.1, 0.15) is 5.70 Å². The summed E-state index contributed by atoms with van der Waals surface area (Å²) in [7, 11) is 0. The molecule has 0 saturated carbocycles. The van der Waals surface area contributed by atoms with Gasteiger partial charge in [0.2, 0.25) is 5.91 Å². The first-order valence-electron chi connectivity index (χ1n) is 13.9. The van der Waals surface area contributed by atoms with E-state index in [9.17, 15) is 14.4 Å². The normalized spacial score (nSPS) is 11.1. The van der Waals surface area contributed by atoms with Crippen LogP contribution in [0.5, 0.6) is 0 Å². The largest absolute Gasteiger partial charge is 0.321 e. The number of rotatable bonds is 10. The van der Waals surface area contributed by atoms with E-state index < -0.39 is 5.91 Å². The number of carbonyl (C=O) groups excluding carboxylic acids is 3. The molecule has 3 N–H and O–H groups in total. The van der Waals surface area contributed by atoms with Crippen molar-refractivity contribution < 1.29 is 14.4 Å². The van der Waals surface area contributed by atoms with Gasteiger partial charge in [-0.2, -0.15) is 0 Å². The Kier molecular flexibility index (Phi) is 10.0. The molecule has 0 unspecified atom stereocenters. The van der Waals surface area contributed by atoms with Crippen molar-refractivity contribution in [3.63, 3.8) is 0 Å². The topological polar surface area (TPSA) is 100 Å². The Morgan fingerprint density at radius 1 is 0.818 bits per heavy atom. The van der Waals surface area contributed by atoms with E-state index in [0.717, 1.165) is 32.2 Å². The number of carbonyl (C=O) groups is 3. The Morgan fingerprint density at radius 2 is 1.52 bits per heavy atom. The summed E-state index contributed by atoms with van der Waals surface area (Å²) in [6.45, 7) is 3.97. The molecule has 0 bridgehead atoms. The van der Waals surface area contributed by atoms with Gasteiger partial charge in [0, 0.05) is 26.6 Å². The molecular formula is C35H30N4O3S2. The van der Waals surface area contributed by atoms with Gasteiger partial charge in [-0.05, 0) is 55.8 Å². The van der Waals surface area contributed by atoms with Crippen LogP contribution in [0.15, 0.2) is 120 Å². The van der Waals surface area contributed by atoms with Gasteiger partial charge in [-0.1, -0.05) is 84.4 Å². The standard InChI is InChI=1S/C35H30N4O3S2/c1-23-16-18-25(19-17-23)20-30(37-33(41)27-12-7-4-8-13-27)34(42)36-28-14-9-15-29(21-28)43-22-31(40)38-35-39-32(24(2)44-35)26-10-5-3-6-11-26/h3-21H,22H2,1-2H3,(H,36,42)(H,37,41)(H,38,39,40)/b30-20-. The molecule has 4 aromatic carbocycles. The first kappa shape index (κ1) is 30.5. The number of aromatic nitrogens is 1. The number of anilines is 2. The lowest BCUT2D eigenvalue weighted by Gasteiger charge is -2.12. The van der Waals surface area contributed by atoms with Gasteiger partial charge >= 0.3 is 0 Å². The van der Waals surface area contributed by atoms with Crippen LogP contribution in [0, 0.1) is 13.8 Å². The first-order valence-corrected chi connectivity index (χ1v) is 15.7. The summed E-state index contributed by atoms with van der Waals surface area (Å²) in [6.07, 6.45) is 1.64. The van der Waals surface area contributed by atoms with Gasteiger partial charge in [-0.3, -0.25) is 14.4 Å². The third-order valence-electron chi connectivity index (χ3n) is 6.47. The van der Waals surface area contributed by atoms with Crippen LogP contribution < -0.4 is 16.0 Å². The van der Waals surface area contributed by atoms with E-state index in [1.807, 2.05) is 80.6 Å². The number of aryl methyl sites for hydroxylation is 2. The van der Waals surface area contributed by atoms with E-state index in [1.54, 1.807) is 48.5 Å². The highest BCUT2D eigenvalue weighted by Crippen LogP contribution is 2.30. The van der Waals surface area contributed by atoms with Crippen LogP contribution in [-0.4, -0.2) is 28.5 Å². The fraction of sp³-hybridized carbons (Fsp3) is 0.0857. The molecule has 7 nitrogen and oxygen atoms in total. The number of nitrogens with zero attached hydrogens (tertiary/aromatic N) is 1. The van der Waals surface area contributed by atoms with Gasteiger partial charge in [0.15, 0.2) is 5.13 Å². The number of thioether (sulfide) groups is 1. The van der Waals surface area contributed by atoms with Crippen molar-refractivity contribution in [3.05, 3.63) is 136 Å². The second-order valence-corrected chi connectivity index (χ2v) is 12.1. The summed E-state index contributed by atoms with van der Waals surface area (Å²) >= 11 is 2.79. The number of hydrogen-bond donors (Lipinski definition) is 3. The summed E-state index contributed by atoms with van der Waals surface area (Å²) in [5.41, 5.74) is 4.81. The van der Waals surface area contributed by atoms with Crippen LogP contribution in [0.3, 0.4) is 0 Å². The van der Waals surface area contributed by atoms with Crippen LogP contribution in [0.4, 0.5) is 10.8 Å². The Labute approximate surface area is 264 Å². The van der Waals surface area contributed by atoms with Crippen molar-refractivity contribution in [2.75, 3.05) is 16.4 Å². The van der Waals surface area contributed by atoms with Gasteiger partial charge in [0.05, 0.1) is 11.4 Å². The van der Waals surface area contributed by atoms with E-state index >= 15 is 0 Å². The zero-order valence-corrected chi connectivity index (χ0v) is 25.8.